The Bertz CT molecular complexity index is 398. The third-order valence-corrected chi connectivity index (χ3v) is 0.978. The Kier molecular flexibility index (Phi) is 4.91. The highest BCUT2D eigenvalue weighted by atomic mass is 14.7. The highest BCUT2D eigenvalue weighted by molar-refractivity contribution is 5.67. The van der Waals surface area contributed by atoms with Gasteiger partial charge in [0.15, 0.2) is 0 Å². The first-order chi connectivity index (χ1) is 6.28. The molecule has 4 nitrogen and oxygen atoms in total. The first-order valence-electron chi connectivity index (χ1n) is 3.09. The lowest BCUT2D eigenvalue weighted by Crippen LogP contribution is -1.67. The fourth-order valence-corrected chi connectivity index (χ4v) is 0.429. The maximum atomic E-state index is 8.31. The second kappa shape index (κ2) is 6.13. The molecule has 0 amide bonds. The molecule has 0 radical (unpaired) electrons. The van der Waals surface area contributed by atoms with Crippen LogP contribution in [-0.2, 0) is 0 Å². The summed E-state index contributed by atoms with van der Waals surface area (Å²) in [4.78, 5) is 5.77. The molecule has 0 aromatic carbocycles. The summed E-state index contributed by atoms with van der Waals surface area (Å²) in [5.74, 6) is 1.65. The number of allylic oxidation sites excluding steroid dienone is 4. The van der Waals surface area contributed by atoms with Crippen LogP contribution in [0.3, 0.4) is 0 Å². The first-order valence-corrected chi connectivity index (χ1v) is 3.09. The molecule has 60 valence electrons. The van der Waals surface area contributed by atoms with Crippen LogP contribution in [0.25, 0.3) is 15.1 Å². The van der Waals surface area contributed by atoms with E-state index in [2.05, 4.69) is 9.69 Å². The van der Waals surface area contributed by atoms with E-state index in [1.165, 1.54) is 18.2 Å². The SMILES string of the molecule is [C-]#[N+]C(=C=[N-])/C=C/C=C(\C#N)[N+]#[C-]. The van der Waals surface area contributed by atoms with E-state index in [4.69, 9.17) is 23.8 Å². The monoisotopic (exact) mass is 167 g/mol. The van der Waals surface area contributed by atoms with Gasteiger partial charge in [-0.2, -0.15) is 0 Å². The van der Waals surface area contributed by atoms with Gasteiger partial charge in [-0.1, -0.05) is 12.2 Å². The molecule has 0 atom stereocenters. The van der Waals surface area contributed by atoms with Gasteiger partial charge in [-0.3, -0.25) is 5.87 Å². The molecular formula is C9H3N4-. The van der Waals surface area contributed by atoms with Crippen molar-refractivity contribution in [1.82, 2.24) is 0 Å². The summed E-state index contributed by atoms with van der Waals surface area (Å²) in [7, 11) is 0. The zero-order valence-corrected chi connectivity index (χ0v) is 6.52. The van der Waals surface area contributed by atoms with Gasteiger partial charge < -0.3 is 5.41 Å². The van der Waals surface area contributed by atoms with Gasteiger partial charge >= 0.3 is 0 Å². The molecule has 0 unspecified atom stereocenters. The second-order valence-electron chi connectivity index (χ2n) is 1.74. The van der Waals surface area contributed by atoms with Crippen LogP contribution in [0.5, 0.6) is 0 Å². The van der Waals surface area contributed by atoms with Gasteiger partial charge in [-0.15, -0.1) is 0 Å². The van der Waals surface area contributed by atoms with Gasteiger partial charge in [-0.05, 0) is 6.08 Å². The predicted molar refractivity (Wildman–Crippen MR) is 47.9 cm³/mol. The molecule has 0 spiro atoms. The van der Waals surface area contributed by atoms with Crippen LogP contribution in [-0.4, -0.2) is 5.87 Å². The molecule has 0 aliphatic heterocycles. The van der Waals surface area contributed by atoms with Gasteiger partial charge in [0, 0.05) is 0 Å². The van der Waals surface area contributed by atoms with Crippen molar-refractivity contribution in [2.75, 3.05) is 0 Å². The van der Waals surface area contributed by atoms with E-state index in [1.807, 2.05) is 0 Å². The summed E-state index contributed by atoms with van der Waals surface area (Å²) >= 11 is 0. The smallest absolute Gasteiger partial charge is 0.261 e. The van der Waals surface area contributed by atoms with Gasteiger partial charge in [0.25, 0.3) is 5.70 Å². The van der Waals surface area contributed by atoms with Crippen LogP contribution in [0.2, 0.25) is 0 Å². The largest absolute Gasteiger partial charge is 0.775 e. The average Bonchev–Trinajstić information content (AvgIpc) is 2.19. The van der Waals surface area contributed by atoms with Crippen molar-refractivity contribution in [1.29, 1.82) is 5.26 Å². The number of nitrogens with zero attached hydrogens (tertiary/aromatic N) is 4. The van der Waals surface area contributed by atoms with E-state index in [9.17, 15) is 0 Å². The van der Waals surface area contributed by atoms with Crippen LogP contribution in [0.1, 0.15) is 0 Å². The van der Waals surface area contributed by atoms with Crippen molar-refractivity contribution < 1.29 is 0 Å². The van der Waals surface area contributed by atoms with Crippen molar-refractivity contribution in [2.24, 2.45) is 0 Å². The first kappa shape index (κ1) is 10.4. The lowest BCUT2D eigenvalue weighted by atomic mass is 10.3. The lowest BCUT2D eigenvalue weighted by molar-refractivity contribution is 1.50. The molecule has 4 heteroatoms. The van der Waals surface area contributed by atoms with Gasteiger partial charge in [0.1, 0.15) is 0 Å². The molecule has 0 heterocycles. The molecule has 0 rings (SSSR count). The molecule has 0 bridgehead atoms. The quantitative estimate of drug-likeness (QED) is 0.268. The molecular weight excluding hydrogens is 164 g/mol. The van der Waals surface area contributed by atoms with Gasteiger partial charge in [-0.25, -0.2) is 15.0 Å². The van der Waals surface area contributed by atoms with Crippen molar-refractivity contribution in [3.8, 4) is 6.07 Å². The molecule has 0 saturated heterocycles. The third kappa shape index (κ3) is 3.96. The zero-order chi connectivity index (χ0) is 10.1. The molecule has 0 aromatic heterocycles. The van der Waals surface area contributed by atoms with Crippen LogP contribution in [0.4, 0.5) is 0 Å². The van der Waals surface area contributed by atoms with Gasteiger partial charge in [0.2, 0.25) is 5.70 Å². The van der Waals surface area contributed by atoms with Crippen LogP contribution in [0, 0.1) is 24.5 Å². The lowest BCUT2D eigenvalue weighted by Gasteiger charge is -1.82. The topological polar surface area (TPSA) is 54.8 Å². The summed E-state index contributed by atoms with van der Waals surface area (Å²) in [6.07, 6.45) is 3.82. The van der Waals surface area contributed by atoms with E-state index in [-0.39, 0.29) is 11.4 Å². The highest BCUT2D eigenvalue weighted by Crippen LogP contribution is 1.97. The molecule has 0 saturated carbocycles. The minimum atomic E-state index is -0.0847. The molecule has 0 aromatic rings. The Hall–Kier alpha value is -2.60. The summed E-state index contributed by atoms with van der Waals surface area (Å²) in [5, 5.41) is 16.6. The number of hydrogen-bond acceptors (Lipinski definition) is 1. The third-order valence-electron chi connectivity index (χ3n) is 0.978. The number of rotatable bonds is 2. The Morgan fingerprint density at radius 1 is 1.38 bits per heavy atom. The molecule has 13 heavy (non-hydrogen) atoms. The number of nitriles is 1. The van der Waals surface area contributed by atoms with Crippen LogP contribution >= 0.6 is 0 Å². The van der Waals surface area contributed by atoms with E-state index in [1.54, 1.807) is 11.9 Å². The van der Waals surface area contributed by atoms with E-state index in [0.717, 1.165) is 0 Å². The minimum absolute atomic E-state index is 0.0847. The second-order valence-corrected chi connectivity index (χ2v) is 1.74. The summed E-state index contributed by atoms with van der Waals surface area (Å²) in [6, 6.07) is 1.65. The van der Waals surface area contributed by atoms with Crippen molar-refractivity contribution in [2.45, 2.75) is 0 Å². The average molecular weight is 167 g/mol. The Balaban J connectivity index is 4.62. The summed E-state index contributed by atoms with van der Waals surface area (Å²) < 4.78 is 0. The fourth-order valence-electron chi connectivity index (χ4n) is 0.429. The van der Waals surface area contributed by atoms with Crippen molar-refractivity contribution in [3.05, 3.63) is 57.9 Å². The number of hydrogen-bond donors (Lipinski definition) is 0. The molecule has 0 N–H and O–H groups in total. The molecule has 0 aliphatic rings. The van der Waals surface area contributed by atoms with Crippen molar-refractivity contribution >= 4 is 5.87 Å². The van der Waals surface area contributed by atoms with E-state index in [0.29, 0.717) is 0 Å². The van der Waals surface area contributed by atoms with Crippen LogP contribution < -0.4 is 0 Å². The summed E-state index contributed by atoms with van der Waals surface area (Å²) in [5.41, 5.74) is -0.169. The summed E-state index contributed by atoms with van der Waals surface area (Å²) in [6.45, 7) is 13.0. The van der Waals surface area contributed by atoms with Crippen molar-refractivity contribution in [3.63, 3.8) is 0 Å². The highest BCUT2D eigenvalue weighted by Gasteiger charge is 1.86. The maximum absolute atomic E-state index is 8.31. The Morgan fingerprint density at radius 2 is 2.08 bits per heavy atom. The zero-order valence-electron chi connectivity index (χ0n) is 6.52. The molecule has 0 fully saturated rings. The molecule has 0 aliphatic carbocycles. The van der Waals surface area contributed by atoms with Gasteiger partial charge in [0.05, 0.1) is 19.2 Å². The fraction of sp³-hybridized carbons (Fsp3) is 0. The Morgan fingerprint density at radius 3 is 2.46 bits per heavy atom. The maximum Gasteiger partial charge on any atom is 0.261 e. The minimum Gasteiger partial charge on any atom is -0.775 e. The Labute approximate surface area is 75.9 Å². The van der Waals surface area contributed by atoms with E-state index >= 15 is 0 Å². The van der Waals surface area contributed by atoms with E-state index < -0.39 is 0 Å². The predicted octanol–water partition coefficient (Wildman–Crippen LogP) is 1.91. The normalized spacial score (nSPS) is 9.46. The van der Waals surface area contributed by atoms with Crippen LogP contribution in [0.15, 0.2) is 29.6 Å². The standard InChI is InChI=1S/C9H3N4/c1-12-8(6-10)4-3-5-9(7-11)13-2/h3-5H/q-1/b4-3+,9-5+.